The normalized spacial score (nSPS) is 10.3. The Labute approximate surface area is 295 Å². The molecule has 254 valence electrons. The molecular formula is C36H48Cu2N4O4+4. The Morgan fingerprint density at radius 1 is 0.370 bits per heavy atom. The van der Waals surface area contributed by atoms with Crippen LogP contribution in [0.1, 0.15) is 44.5 Å². The molecule has 10 heteroatoms. The second-order valence-electron chi connectivity index (χ2n) is 11.2. The first-order valence-electron chi connectivity index (χ1n) is 15.1. The molecule has 0 unspecified atom stereocenters. The largest absolute Gasteiger partial charge is 2.00 e. The van der Waals surface area contributed by atoms with Gasteiger partial charge in [0.05, 0.1) is 0 Å². The van der Waals surface area contributed by atoms with Gasteiger partial charge in [0.15, 0.2) is 0 Å². The maximum absolute atomic E-state index is 9.76. The molecule has 0 aliphatic carbocycles. The van der Waals surface area contributed by atoms with Crippen molar-refractivity contribution < 1.29 is 54.6 Å². The molecule has 4 aromatic rings. The van der Waals surface area contributed by atoms with E-state index in [1.165, 1.54) is 0 Å². The van der Waals surface area contributed by atoms with Gasteiger partial charge in [-0.25, -0.2) is 0 Å². The number of aryl methyl sites for hydroxylation is 4. The van der Waals surface area contributed by atoms with Gasteiger partial charge in [-0.05, 0) is 52.0 Å². The topological polar surface area (TPSA) is 129 Å². The number of hydrogen-bond acceptors (Lipinski definition) is 8. The van der Waals surface area contributed by atoms with Gasteiger partial charge >= 0.3 is 34.1 Å². The number of aromatic hydroxyl groups is 4. The third-order valence-corrected chi connectivity index (χ3v) is 7.16. The van der Waals surface area contributed by atoms with Crippen molar-refractivity contribution in [3.8, 4) is 23.0 Å². The van der Waals surface area contributed by atoms with E-state index >= 15 is 0 Å². The molecule has 2 radical (unpaired) electrons. The minimum absolute atomic E-state index is 0. The van der Waals surface area contributed by atoms with E-state index in [1.54, 1.807) is 24.3 Å². The number of rotatable bonds is 14. The first-order chi connectivity index (χ1) is 21.1. The molecule has 0 saturated heterocycles. The summed E-state index contributed by atoms with van der Waals surface area (Å²) >= 11 is 0. The summed E-state index contributed by atoms with van der Waals surface area (Å²) in [5, 5.41) is 52.2. The fourth-order valence-electron chi connectivity index (χ4n) is 4.67. The smallest absolute Gasteiger partial charge is 0.508 e. The summed E-state index contributed by atoms with van der Waals surface area (Å²) < 4.78 is 0. The Morgan fingerprint density at radius 3 is 0.761 bits per heavy atom. The van der Waals surface area contributed by atoms with Crippen LogP contribution >= 0.6 is 0 Å². The van der Waals surface area contributed by atoms with Gasteiger partial charge < -0.3 is 41.7 Å². The summed E-state index contributed by atoms with van der Waals surface area (Å²) in [6.45, 7) is 13.8. The van der Waals surface area contributed by atoms with Gasteiger partial charge in [0.2, 0.25) is 0 Å². The fraction of sp³-hybridized carbons (Fsp3) is 0.333. The van der Waals surface area contributed by atoms with Crippen LogP contribution in [0.5, 0.6) is 23.0 Å². The molecule has 0 aromatic heterocycles. The Morgan fingerprint density at radius 2 is 0.565 bits per heavy atom. The predicted octanol–water partition coefficient (Wildman–Crippen LogP) is 5.18. The molecule has 0 heterocycles. The molecule has 0 atom stereocenters. The van der Waals surface area contributed by atoms with E-state index in [0.29, 0.717) is 49.2 Å². The van der Waals surface area contributed by atoms with Crippen molar-refractivity contribution in [1.82, 2.24) is 21.3 Å². The monoisotopic (exact) mass is 726 g/mol. The van der Waals surface area contributed by atoms with Gasteiger partial charge in [-0.15, -0.1) is 0 Å². The van der Waals surface area contributed by atoms with Crippen LogP contribution in [0.15, 0.2) is 72.8 Å². The van der Waals surface area contributed by atoms with Crippen LogP contribution in [0, 0.1) is 27.7 Å². The first kappa shape index (κ1) is 41.0. The first-order valence-corrected chi connectivity index (χ1v) is 15.1. The average molecular weight is 728 g/mol. The second kappa shape index (κ2) is 21.7. The summed E-state index contributed by atoms with van der Waals surface area (Å²) in [4.78, 5) is 0. The van der Waals surface area contributed by atoms with Crippen molar-refractivity contribution in [2.24, 2.45) is 0 Å². The molecule has 8 nitrogen and oxygen atoms in total. The molecule has 0 spiro atoms. The molecule has 0 bridgehead atoms. The molecule has 0 amide bonds. The van der Waals surface area contributed by atoms with E-state index in [2.05, 4.69) is 21.3 Å². The number of phenols is 4. The van der Waals surface area contributed by atoms with Crippen LogP contribution in [-0.2, 0) is 60.3 Å². The number of phenolic OH excluding ortho intramolecular Hbond substituents is 4. The molecule has 0 fully saturated rings. The number of hydrogen-bond donors (Lipinski definition) is 8. The van der Waals surface area contributed by atoms with E-state index < -0.39 is 0 Å². The molecule has 0 aliphatic rings. The summed E-state index contributed by atoms with van der Waals surface area (Å²) in [5.74, 6) is 1.32. The third-order valence-electron chi connectivity index (χ3n) is 7.16. The molecule has 4 aromatic carbocycles. The average Bonchev–Trinajstić information content (AvgIpc) is 2.99. The zero-order valence-electron chi connectivity index (χ0n) is 27.0. The Hall–Kier alpha value is -3.04. The zero-order chi connectivity index (χ0) is 31.9. The van der Waals surface area contributed by atoms with Gasteiger partial charge in [-0.3, -0.25) is 0 Å². The second-order valence-corrected chi connectivity index (χ2v) is 11.2. The summed E-state index contributed by atoms with van der Waals surface area (Å²) in [7, 11) is 0. The van der Waals surface area contributed by atoms with Gasteiger partial charge in [0.1, 0.15) is 23.0 Å². The van der Waals surface area contributed by atoms with Gasteiger partial charge in [0, 0.05) is 74.6 Å². The minimum Gasteiger partial charge on any atom is -0.508 e. The van der Waals surface area contributed by atoms with Gasteiger partial charge in [0.25, 0.3) is 0 Å². The molecule has 46 heavy (non-hydrogen) atoms. The van der Waals surface area contributed by atoms with Crippen LogP contribution in [0.2, 0.25) is 0 Å². The molecule has 8 N–H and O–H groups in total. The van der Waals surface area contributed by atoms with Gasteiger partial charge in [-0.1, -0.05) is 70.8 Å². The maximum Gasteiger partial charge on any atom is 2.00 e. The van der Waals surface area contributed by atoms with Crippen molar-refractivity contribution in [1.29, 1.82) is 0 Å². The van der Waals surface area contributed by atoms with Crippen molar-refractivity contribution >= 4 is 0 Å². The van der Waals surface area contributed by atoms with E-state index in [1.807, 2.05) is 76.2 Å². The van der Waals surface area contributed by atoms with Crippen LogP contribution < -0.4 is 21.3 Å². The van der Waals surface area contributed by atoms with Gasteiger partial charge in [-0.2, -0.15) is 0 Å². The van der Waals surface area contributed by atoms with Crippen molar-refractivity contribution in [2.45, 2.75) is 53.9 Å². The third kappa shape index (κ3) is 14.6. The van der Waals surface area contributed by atoms with Crippen LogP contribution in [-0.4, -0.2) is 46.6 Å². The fourth-order valence-corrected chi connectivity index (χ4v) is 4.67. The molecule has 0 saturated carbocycles. The molecule has 4 rings (SSSR count). The summed E-state index contributed by atoms with van der Waals surface area (Å²) in [6.07, 6.45) is 0. The van der Waals surface area contributed by atoms with E-state index in [9.17, 15) is 20.4 Å². The van der Waals surface area contributed by atoms with E-state index in [-0.39, 0.29) is 34.1 Å². The van der Waals surface area contributed by atoms with Crippen LogP contribution in [0.25, 0.3) is 0 Å². The summed E-state index contributed by atoms with van der Waals surface area (Å²) in [5.41, 5.74) is 8.22. The van der Waals surface area contributed by atoms with E-state index in [0.717, 1.165) is 70.7 Å². The predicted molar refractivity (Wildman–Crippen MR) is 178 cm³/mol. The maximum atomic E-state index is 9.76. The standard InChI is InChI=1S/2C18H24N2O2.2Cu/c2*1-13-3-5-17(21)15(9-13)11-19-7-8-20-12-16-10-14(2)4-6-18(16)22;;/h2*3-6,9-10,19-22H,7-8,11-12H2,1-2H3;;/q;;2*+2. The zero-order valence-corrected chi connectivity index (χ0v) is 28.9. The molecule has 0 aliphatic heterocycles. The number of benzene rings is 4. The van der Waals surface area contributed by atoms with Crippen molar-refractivity contribution in [3.05, 3.63) is 117 Å². The Balaban J connectivity index is 0.000000441. The van der Waals surface area contributed by atoms with Crippen molar-refractivity contribution in [2.75, 3.05) is 26.2 Å². The van der Waals surface area contributed by atoms with E-state index in [4.69, 9.17) is 0 Å². The Kier molecular flexibility index (Phi) is 19.3. The summed E-state index contributed by atoms with van der Waals surface area (Å²) in [6, 6.07) is 22.4. The quantitative estimate of drug-likeness (QED) is 0.0660. The Bertz CT molecular complexity index is 1260. The van der Waals surface area contributed by atoms with Crippen LogP contribution in [0.3, 0.4) is 0 Å². The number of nitrogens with one attached hydrogen (secondary N) is 4. The molecular weight excluding hydrogens is 680 g/mol. The van der Waals surface area contributed by atoms with Crippen molar-refractivity contribution in [3.63, 3.8) is 0 Å². The van der Waals surface area contributed by atoms with Crippen LogP contribution in [0.4, 0.5) is 0 Å². The minimum atomic E-state index is 0. The SMILES string of the molecule is Cc1ccc(O)c(CNCCNCc2cc(C)ccc2O)c1.Cc1ccc(O)c(CNCCNCc2cc(C)ccc2O)c1.[Cu+2].[Cu+2].